The molecule has 9 nitrogen and oxygen atoms in total. The van der Waals surface area contributed by atoms with Crippen molar-refractivity contribution < 1.29 is 24.0 Å². The average Bonchev–Trinajstić information content (AvgIpc) is 2.93. The highest BCUT2D eigenvalue weighted by Crippen LogP contribution is 2.41. The third-order valence-corrected chi connectivity index (χ3v) is 4.16. The molecule has 0 amide bonds. The minimum absolute atomic E-state index is 0.0621. The lowest BCUT2D eigenvalue weighted by molar-refractivity contribution is -0.385. The summed E-state index contributed by atoms with van der Waals surface area (Å²) in [6.45, 7) is 5.20. The highest BCUT2D eigenvalue weighted by molar-refractivity contribution is 5.91. The van der Waals surface area contributed by atoms with Gasteiger partial charge in [-0.25, -0.2) is 0 Å². The predicted molar refractivity (Wildman–Crippen MR) is 91.0 cm³/mol. The molecule has 0 saturated carbocycles. The summed E-state index contributed by atoms with van der Waals surface area (Å²) in [5.74, 6) is -2.29. The molecule has 138 valence electrons. The van der Waals surface area contributed by atoms with Gasteiger partial charge in [-0.15, -0.1) is 0 Å². The molecule has 1 aliphatic heterocycles. The van der Waals surface area contributed by atoms with Crippen LogP contribution in [0.25, 0.3) is 0 Å². The van der Waals surface area contributed by atoms with Crippen molar-refractivity contribution in [2.45, 2.75) is 38.7 Å². The highest BCUT2D eigenvalue weighted by atomic mass is 16.6. The minimum Gasteiger partial charge on any atom is -0.496 e. The van der Waals surface area contributed by atoms with Crippen molar-refractivity contribution in [3.63, 3.8) is 0 Å². The van der Waals surface area contributed by atoms with Crippen molar-refractivity contribution >= 4 is 17.4 Å². The Kier molecular flexibility index (Phi) is 5.77. The summed E-state index contributed by atoms with van der Waals surface area (Å²) in [5, 5.41) is 24.9. The first-order chi connectivity index (χ1) is 12.3. The molecule has 1 aromatic rings. The molecular formula is C17H19N3O6. The van der Waals surface area contributed by atoms with Gasteiger partial charge >= 0.3 is 5.97 Å². The van der Waals surface area contributed by atoms with Crippen LogP contribution in [-0.4, -0.2) is 36.4 Å². The maximum absolute atomic E-state index is 12.0. The molecule has 2 rings (SSSR count). The van der Waals surface area contributed by atoms with Crippen LogP contribution in [0, 0.1) is 21.4 Å². The number of benzene rings is 1. The van der Waals surface area contributed by atoms with Crippen LogP contribution in [0.1, 0.15) is 43.7 Å². The van der Waals surface area contributed by atoms with E-state index in [0.717, 1.165) is 0 Å². The second-order valence-corrected chi connectivity index (χ2v) is 5.75. The summed E-state index contributed by atoms with van der Waals surface area (Å²) >= 11 is 0. The maximum Gasteiger partial charge on any atom is 0.328 e. The number of methoxy groups -OCH3 is 1. The van der Waals surface area contributed by atoms with E-state index in [1.165, 1.54) is 19.2 Å². The van der Waals surface area contributed by atoms with E-state index in [-0.39, 0.29) is 29.9 Å². The quantitative estimate of drug-likeness (QED) is 0.433. The van der Waals surface area contributed by atoms with Gasteiger partial charge in [0.25, 0.3) is 5.69 Å². The molecule has 0 aliphatic carbocycles. The second kappa shape index (κ2) is 7.82. The highest BCUT2D eigenvalue weighted by Gasteiger charge is 2.37. The Bertz CT molecular complexity index is 798. The summed E-state index contributed by atoms with van der Waals surface area (Å²) in [5.41, 5.74) is 0.736. The van der Waals surface area contributed by atoms with Crippen LogP contribution in [-0.2, 0) is 14.4 Å². The van der Waals surface area contributed by atoms with Gasteiger partial charge in [-0.05, 0) is 26.8 Å². The van der Waals surface area contributed by atoms with Gasteiger partial charge in [0.1, 0.15) is 11.9 Å². The number of nitrogens with zero attached hydrogens (tertiary/aromatic N) is 3. The first-order valence-electron chi connectivity index (χ1n) is 7.98. The van der Waals surface area contributed by atoms with Crippen LogP contribution < -0.4 is 4.74 Å². The number of oxime groups is 1. The average molecular weight is 361 g/mol. The van der Waals surface area contributed by atoms with Crippen molar-refractivity contribution in [1.82, 2.24) is 0 Å². The fraction of sp³-hybridized carbons (Fsp3) is 0.471. The van der Waals surface area contributed by atoms with Crippen LogP contribution in [0.4, 0.5) is 5.69 Å². The molecule has 0 spiro atoms. The zero-order valence-corrected chi connectivity index (χ0v) is 14.9. The van der Waals surface area contributed by atoms with Crippen LogP contribution in [0.2, 0.25) is 0 Å². The number of nitro benzene ring substituents is 1. The molecule has 1 aromatic carbocycles. The van der Waals surface area contributed by atoms with E-state index in [0.29, 0.717) is 17.0 Å². The van der Waals surface area contributed by atoms with E-state index in [4.69, 9.17) is 14.3 Å². The van der Waals surface area contributed by atoms with Crippen LogP contribution >= 0.6 is 0 Å². The lowest BCUT2D eigenvalue weighted by atomic mass is 9.87. The molecular weight excluding hydrogens is 342 g/mol. The molecule has 0 N–H and O–H groups in total. The van der Waals surface area contributed by atoms with Gasteiger partial charge in [0, 0.05) is 11.6 Å². The molecule has 0 bridgehead atoms. The first-order valence-corrected chi connectivity index (χ1v) is 7.98. The Morgan fingerprint density at radius 2 is 2.23 bits per heavy atom. The molecule has 0 radical (unpaired) electrons. The minimum atomic E-state index is -1.43. The predicted octanol–water partition coefficient (Wildman–Crippen LogP) is 2.65. The Morgan fingerprint density at radius 3 is 2.69 bits per heavy atom. The van der Waals surface area contributed by atoms with E-state index in [1.807, 2.05) is 0 Å². The van der Waals surface area contributed by atoms with Crippen molar-refractivity contribution in [3.8, 4) is 11.8 Å². The third kappa shape index (κ3) is 3.44. The molecule has 3 atom stereocenters. The van der Waals surface area contributed by atoms with E-state index in [2.05, 4.69) is 5.16 Å². The number of carbonyl (C=O) groups excluding carboxylic acids is 1. The fourth-order valence-electron chi connectivity index (χ4n) is 2.99. The molecule has 26 heavy (non-hydrogen) atoms. The lowest BCUT2D eigenvalue weighted by Gasteiger charge is -2.19. The summed E-state index contributed by atoms with van der Waals surface area (Å²) in [6.07, 6.45) is -0.328. The largest absolute Gasteiger partial charge is 0.496 e. The second-order valence-electron chi connectivity index (χ2n) is 5.75. The maximum atomic E-state index is 12.0. The SMILES string of the molecule is CCOC(=O)C(C#N)c1cc(OC)c(C2C(C)=NOC2C)cc1[N+](=O)[O-]. The van der Waals surface area contributed by atoms with Gasteiger partial charge < -0.3 is 14.3 Å². The fourth-order valence-corrected chi connectivity index (χ4v) is 2.99. The van der Waals surface area contributed by atoms with Crippen molar-refractivity contribution in [3.05, 3.63) is 33.4 Å². The molecule has 0 fully saturated rings. The molecule has 0 aromatic heterocycles. The van der Waals surface area contributed by atoms with E-state index < -0.39 is 16.8 Å². The first kappa shape index (κ1) is 19.2. The van der Waals surface area contributed by atoms with Crippen LogP contribution in [0.3, 0.4) is 0 Å². The van der Waals surface area contributed by atoms with Crippen molar-refractivity contribution in [1.29, 1.82) is 5.26 Å². The smallest absolute Gasteiger partial charge is 0.328 e. The number of hydrogen-bond acceptors (Lipinski definition) is 8. The molecule has 1 aliphatic rings. The summed E-state index contributed by atoms with van der Waals surface area (Å²) in [6, 6.07) is 4.43. The van der Waals surface area contributed by atoms with Gasteiger partial charge in [-0.2, -0.15) is 5.26 Å². The van der Waals surface area contributed by atoms with Crippen molar-refractivity contribution in [2.24, 2.45) is 5.16 Å². The standard InChI is InChI=1S/C17H19N3O6/c1-5-25-17(21)13(8-18)11-7-15(24-4)12(6-14(11)20(22)23)16-9(2)19-26-10(16)3/h6-7,10,13,16H,5H2,1-4H3. The Morgan fingerprint density at radius 1 is 1.54 bits per heavy atom. The number of ether oxygens (including phenoxy) is 2. The van der Waals surface area contributed by atoms with Crippen LogP contribution in [0.15, 0.2) is 17.3 Å². The Balaban J connectivity index is 2.65. The Hall–Kier alpha value is -3.15. The zero-order chi connectivity index (χ0) is 19.4. The summed E-state index contributed by atoms with van der Waals surface area (Å²) in [7, 11) is 1.41. The Labute approximate surface area is 150 Å². The van der Waals surface area contributed by atoms with Gasteiger partial charge in [-0.3, -0.25) is 14.9 Å². The van der Waals surface area contributed by atoms with Gasteiger partial charge in [0.15, 0.2) is 5.92 Å². The zero-order valence-electron chi connectivity index (χ0n) is 14.9. The van der Waals surface area contributed by atoms with Gasteiger partial charge in [-0.1, -0.05) is 5.16 Å². The van der Waals surface area contributed by atoms with Gasteiger partial charge in [0.2, 0.25) is 0 Å². The van der Waals surface area contributed by atoms with E-state index in [9.17, 15) is 20.2 Å². The van der Waals surface area contributed by atoms with Crippen molar-refractivity contribution in [2.75, 3.05) is 13.7 Å². The van der Waals surface area contributed by atoms with E-state index >= 15 is 0 Å². The summed E-state index contributed by atoms with van der Waals surface area (Å²) in [4.78, 5) is 28.2. The third-order valence-electron chi connectivity index (χ3n) is 4.16. The topological polar surface area (TPSA) is 124 Å². The molecule has 9 heteroatoms. The number of carbonyl (C=O) groups is 1. The number of esters is 1. The van der Waals surface area contributed by atoms with Gasteiger partial charge in [0.05, 0.1) is 41.9 Å². The normalized spacial score (nSPS) is 19.7. The number of nitriles is 1. The molecule has 0 saturated heterocycles. The number of hydrogen-bond donors (Lipinski definition) is 0. The lowest BCUT2D eigenvalue weighted by Crippen LogP contribution is -2.20. The number of rotatable bonds is 6. The van der Waals surface area contributed by atoms with E-state index in [1.54, 1.807) is 26.8 Å². The monoisotopic (exact) mass is 361 g/mol. The molecule has 1 heterocycles. The molecule has 3 unspecified atom stereocenters. The number of nitro groups is 1. The van der Waals surface area contributed by atoms with Crippen LogP contribution in [0.5, 0.6) is 5.75 Å². The summed E-state index contributed by atoms with van der Waals surface area (Å²) < 4.78 is 10.2.